The molecule has 1 unspecified atom stereocenters. The molecule has 1 aliphatic heterocycles. The van der Waals surface area contributed by atoms with E-state index in [0.717, 1.165) is 29.8 Å². The van der Waals surface area contributed by atoms with E-state index in [0.29, 0.717) is 6.54 Å². The van der Waals surface area contributed by atoms with E-state index in [4.69, 9.17) is 0 Å². The second kappa shape index (κ2) is 6.09. The first-order valence-electron chi connectivity index (χ1n) is 7.30. The molecule has 0 aliphatic carbocycles. The summed E-state index contributed by atoms with van der Waals surface area (Å²) in [5, 5.41) is 9.74. The maximum absolute atomic E-state index is 13.1. The van der Waals surface area contributed by atoms with Gasteiger partial charge in [0, 0.05) is 31.3 Å². The molecule has 1 fully saturated rings. The van der Waals surface area contributed by atoms with Crippen molar-refractivity contribution in [2.24, 2.45) is 7.05 Å². The van der Waals surface area contributed by atoms with Gasteiger partial charge in [-0.2, -0.15) is 5.10 Å². The van der Waals surface area contributed by atoms with Crippen LogP contribution in [0.15, 0.2) is 0 Å². The number of amides is 1. The average Bonchev–Trinajstić information content (AvgIpc) is 2.95. The summed E-state index contributed by atoms with van der Waals surface area (Å²) in [5.74, 6) is -3.17. The van der Waals surface area contributed by atoms with Crippen LogP contribution < -0.4 is 10.6 Å². The predicted octanol–water partition coefficient (Wildman–Crippen LogP) is 1.16. The van der Waals surface area contributed by atoms with Gasteiger partial charge < -0.3 is 5.32 Å². The molecule has 1 amide bonds. The fraction of sp³-hybridized carbons (Fsp3) is 0.714. The number of hydrogen-bond donors (Lipinski definition) is 2. The summed E-state index contributed by atoms with van der Waals surface area (Å²) in [6, 6.07) is -0.813. The highest BCUT2D eigenvalue weighted by molar-refractivity contribution is 5.82. The van der Waals surface area contributed by atoms with Crippen molar-refractivity contribution in [1.82, 2.24) is 20.4 Å². The third-order valence-corrected chi connectivity index (χ3v) is 3.89. The highest BCUT2D eigenvalue weighted by atomic mass is 19.3. The van der Waals surface area contributed by atoms with Crippen LogP contribution in [0.3, 0.4) is 0 Å². The van der Waals surface area contributed by atoms with Gasteiger partial charge in [0.15, 0.2) is 0 Å². The number of aryl methyl sites for hydroxylation is 2. The molecule has 21 heavy (non-hydrogen) atoms. The zero-order valence-corrected chi connectivity index (χ0v) is 12.7. The maximum atomic E-state index is 13.1. The Morgan fingerprint density at radius 3 is 2.71 bits per heavy atom. The number of alkyl halides is 2. The van der Waals surface area contributed by atoms with Gasteiger partial charge in [-0.25, -0.2) is 8.78 Å². The Balaban J connectivity index is 2.02. The number of carbonyl (C=O) groups excluding carboxylic acids is 1. The van der Waals surface area contributed by atoms with Crippen molar-refractivity contribution in [3.05, 3.63) is 17.0 Å². The number of rotatable bonds is 5. The molecule has 1 saturated heterocycles. The lowest BCUT2D eigenvalue weighted by molar-refractivity contribution is -0.123. The third kappa shape index (κ3) is 3.40. The Morgan fingerprint density at radius 1 is 1.48 bits per heavy atom. The van der Waals surface area contributed by atoms with Gasteiger partial charge in [-0.05, 0) is 12.8 Å². The normalized spacial score (nSPS) is 20.7. The summed E-state index contributed by atoms with van der Waals surface area (Å²) in [6.45, 7) is 3.94. The molecule has 1 aliphatic rings. The molecule has 0 aromatic carbocycles. The smallest absolute Gasteiger partial charge is 0.262 e. The van der Waals surface area contributed by atoms with E-state index >= 15 is 0 Å². The predicted molar refractivity (Wildman–Crippen MR) is 75.2 cm³/mol. The first kappa shape index (κ1) is 15.9. The van der Waals surface area contributed by atoms with Crippen molar-refractivity contribution in [3.8, 4) is 0 Å². The quantitative estimate of drug-likeness (QED) is 0.858. The zero-order valence-electron chi connectivity index (χ0n) is 12.7. The van der Waals surface area contributed by atoms with Gasteiger partial charge in [-0.3, -0.25) is 14.8 Å². The van der Waals surface area contributed by atoms with E-state index in [-0.39, 0.29) is 5.91 Å². The van der Waals surface area contributed by atoms with Crippen LogP contribution in [0.1, 0.15) is 37.2 Å². The molecule has 2 heterocycles. The van der Waals surface area contributed by atoms with E-state index in [1.54, 1.807) is 0 Å². The Bertz CT molecular complexity index is 527. The average molecular weight is 300 g/mol. The molecule has 0 spiro atoms. The van der Waals surface area contributed by atoms with Crippen molar-refractivity contribution in [3.63, 3.8) is 0 Å². The first-order chi connectivity index (χ1) is 9.88. The maximum Gasteiger partial charge on any atom is 0.262 e. The van der Waals surface area contributed by atoms with Crippen LogP contribution in [0, 0.1) is 0 Å². The fourth-order valence-electron chi connectivity index (χ4n) is 2.79. The highest BCUT2D eigenvalue weighted by Crippen LogP contribution is 2.25. The number of aromatic nitrogens is 2. The van der Waals surface area contributed by atoms with Gasteiger partial charge in [0.05, 0.1) is 18.3 Å². The molecule has 1 atom stereocenters. The van der Waals surface area contributed by atoms with Crippen LogP contribution >= 0.6 is 0 Å². The molecule has 0 radical (unpaired) electrons. The fourth-order valence-corrected chi connectivity index (χ4v) is 2.79. The van der Waals surface area contributed by atoms with Crippen LogP contribution in [-0.2, 0) is 31.2 Å². The lowest BCUT2D eigenvalue weighted by atomic mass is 10.1. The van der Waals surface area contributed by atoms with E-state index < -0.39 is 24.9 Å². The molecule has 2 N–H and O–H groups in total. The van der Waals surface area contributed by atoms with Gasteiger partial charge in [0.2, 0.25) is 5.91 Å². The first-order valence-corrected chi connectivity index (χ1v) is 7.30. The van der Waals surface area contributed by atoms with Crippen molar-refractivity contribution in [2.75, 3.05) is 6.54 Å². The minimum atomic E-state index is -2.79. The Labute approximate surface area is 123 Å². The summed E-state index contributed by atoms with van der Waals surface area (Å²) in [7, 11) is 1.88. The molecule has 118 valence electrons. The summed E-state index contributed by atoms with van der Waals surface area (Å²) in [6.07, 6.45) is 1.15. The summed E-state index contributed by atoms with van der Waals surface area (Å²) in [4.78, 5) is 12.0. The van der Waals surface area contributed by atoms with Crippen molar-refractivity contribution in [1.29, 1.82) is 0 Å². The summed E-state index contributed by atoms with van der Waals surface area (Å²) < 4.78 is 28.0. The lowest BCUT2D eigenvalue weighted by Crippen LogP contribution is -2.40. The third-order valence-electron chi connectivity index (χ3n) is 3.89. The second-order valence-electron chi connectivity index (χ2n) is 5.41. The van der Waals surface area contributed by atoms with Crippen LogP contribution in [0.2, 0.25) is 0 Å². The minimum Gasteiger partial charge on any atom is -0.351 e. The molecule has 0 bridgehead atoms. The number of halogens is 2. The van der Waals surface area contributed by atoms with Crippen LogP contribution in [-0.4, -0.2) is 34.2 Å². The van der Waals surface area contributed by atoms with Crippen LogP contribution in [0.25, 0.3) is 0 Å². The Kier molecular flexibility index (Phi) is 4.61. The number of carbonyl (C=O) groups is 1. The van der Waals surface area contributed by atoms with E-state index in [1.807, 2.05) is 25.6 Å². The molecule has 7 heteroatoms. The SMILES string of the molecule is CCc1nn(C)c(CC)c1CNC(=O)C1CC(F)(F)CN1. The minimum absolute atomic E-state index is 0.336. The topological polar surface area (TPSA) is 59.0 Å². The number of nitrogens with one attached hydrogen (secondary N) is 2. The van der Waals surface area contributed by atoms with Crippen molar-refractivity contribution >= 4 is 5.91 Å². The molecular weight excluding hydrogens is 278 g/mol. The molecule has 1 aromatic rings. The van der Waals surface area contributed by atoms with Crippen LogP contribution in [0.4, 0.5) is 8.78 Å². The van der Waals surface area contributed by atoms with Crippen LogP contribution in [0.5, 0.6) is 0 Å². The van der Waals surface area contributed by atoms with Gasteiger partial charge >= 0.3 is 0 Å². The lowest BCUT2D eigenvalue weighted by Gasteiger charge is -2.12. The monoisotopic (exact) mass is 300 g/mol. The van der Waals surface area contributed by atoms with E-state index in [2.05, 4.69) is 15.7 Å². The number of nitrogens with zero attached hydrogens (tertiary/aromatic N) is 2. The Hall–Kier alpha value is -1.50. The molecule has 0 saturated carbocycles. The Morgan fingerprint density at radius 2 is 2.19 bits per heavy atom. The van der Waals surface area contributed by atoms with Gasteiger partial charge in [0.1, 0.15) is 0 Å². The standard InChI is InChI=1S/C14H22F2N4O/c1-4-10-9(12(5-2)20(3)19-10)7-17-13(21)11-6-14(15,16)8-18-11/h11,18H,4-8H2,1-3H3,(H,17,21). The number of hydrogen-bond acceptors (Lipinski definition) is 3. The van der Waals surface area contributed by atoms with E-state index in [9.17, 15) is 13.6 Å². The zero-order chi connectivity index (χ0) is 15.6. The van der Waals surface area contributed by atoms with Gasteiger partial charge in [-0.15, -0.1) is 0 Å². The highest BCUT2D eigenvalue weighted by Gasteiger charge is 2.42. The van der Waals surface area contributed by atoms with E-state index in [1.165, 1.54) is 0 Å². The van der Waals surface area contributed by atoms with Crippen molar-refractivity contribution in [2.45, 2.75) is 51.6 Å². The molecule has 1 aromatic heterocycles. The van der Waals surface area contributed by atoms with Gasteiger partial charge in [0.25, 0.3) is 5.92 Å². The summed E-state index contributed by atoms with van der Waals surface area (Å²) in [5.41, 5.74) is 3.01. The summed E-state index contributed by atoms with van der Waals surface area (Å²) >= 11 is 0. The van der Waals surface area contributed by atoms with Crippen molar-refractivity contribution < 1.29 is 13.6 Å². The largest absolute Gasteiger partial charge is 0.351 e. The molecular formula is C14H22F2N4O. The molecule has 5 nitrogen and oxygen atoms in total. The molecule has 2 rings (SSSR count). The van der Waals surface area contributed by atoms with Gasteiger partial charge in [-0.1, -0.05) is 13.8 Å². The second-order valence-corrected chi connectivity index (χ2v) is 5.41.